The summed E-state index contributed by atoms with van der Waals surface area (Å²) in [4.78, 5) is 4.68. The van der Waals surface area contributed by atoms with Gasteiger partial charge in [-0.3, -0.25) is 0 Å². The quantitative estimate of drug-likeness (QED) is 0.674. The number of fused-ring (bicyclic) bond motifs is 1. The van der Waals surface area contributed by atoms with Crippen LogP contribution >= 0.6 is 11.3 Å². The summed E-state index contributed by atoms with van der Waals surface area (Å²) in [6.45, 7) is 6.45. The Morgan fingerprint density at radius 2 is 2.10 bits per heavy atom. The van der Waals surface area contributed by atoms with Gasteiger partial charge in [-0.15, -0.1) is 11.3 Å². The Morgan fingerprint density at radius 3 is 2.76 bits per heavy atom. The molecular weight excluding hydrogens is 280 g/mol. The second kappa shape index (κ2) is 5.01. The second-order valence-corrected chi connectivity index (χ2v) is 6.96. The highest BCUT2D eigenvalue weighted by Crippen LogP contribution is 2.33. The first kappa shape index (κ1) is 13.8. The highest BCUT2D eigenvalue weighted by molar-refractivity contribution is 7.13. The van der Waals surface area contributed by atoms with Gasteiger partial charge in [-0.05, 0) is 23.8 Å². The largest absolute Gasteiger partial charge is 0.454 e. The minimum atomic E-state index is 0.0424. The zero-order chi connectivity index (χ0) is 15.0. The molecule has 0 bridgehead atoms. The molecule has 106 valence electrons. The summed E-state index contributed by atoms with van der Waals surface area (Å²) in [5, 5.41) is 12.8. The molecule has 0 N–H and O–H groups in total. The van der Waals surface area contributed by atoms with Crippen molar-refractivity contribution in [3.8, 4) is 16.8 Å². The van der Waals surface area contributed by atoms with E-state index in [4.69, 9.17) is 9.68 Å². The van der Waals surface area contributed by atoms with Gasteiger partial charge in [0.2, 0.25) is 0 Å². The molecule has 0 saturated carbocycles. The third kappa shape index (κ3) is 2.70. The van der Waals surface area contributed by atoms with Gasteiger partial charge in [0, 0.05) is 16.2 Å². The molecule has 2 aromatic heterocycles. The van der Waals surface area contributed by atoms with Crippen LogP contribution in [0.1, 0.15) is 32.0 Å². The molecule has 0 aliphatic rings. The molecule has 0 unspecified atom stereocenters. The summed E-state index contributed by atoms with van der Waals surface area (Å²) < 4.78 is 5.88. The van der Waals surface area contributed by atoms with Crippen LogP contribution in [0, 0.1) is 11.3 Å². The van der Waals surface area contributed by atoms with Crippen LogP contribution in [-0.4, -0.2) is 4.98 Å². The fourth-order valence-electron chi connectivity index (χ4n) is 2.13. The number of benzene rings is 1. The van der Waals surface area contributed by atoms with Gasteiger partial charge in [0.15, 0.2) is 10.8 Å². The lowest BCUT2D eigenvalue weighted by Gasteiger charge is -2.13. The molecule has 4 heteroatoms. The van der Waals surface area contributed by atoms with Crippen molar-refractivity contribution in [1.82, 2.24) is 4.98 Å². The van der Waals surface area contributed by atoms with Crippen LogP contribution in [0.2, 0.25) is 0 Å². The number of aromatic nitrogens is 1. The van der Waals surface area contributed by atoms with Crippen LogP contribution in [0.3, 0.4) is 0 Å². The van der Waals surface area contributed by atoms with Crippen LogP contribution in [0.5, 0.6) is 0 Å². The van der Waals surface area contributed by atoms with E-state index in [9.17, 15) is 0 Å². The lowest BCUT2D eigenvalue weighted by Crippen LogP contribution is -2.11. The van der Waals surface area contributed by atoms with Crippen LogP contribution < -0.4 is 0 Å². The van der Waals surface area contributed by atoms with E-state index in [0.717, 1.165) is 33.0 Å². The SMILES string of the molecule is CC(C)(C)c1csc(-c2cc3cc(CC#N)ccc3o2)n1. The van der Waals surface area contributed by atoms with Crippen LogP contribution in [0.25, 0.3) is 21.7 Å². The van der Waals surface area contributed by atoms with E-state index >= 15 is 0 Å². The van der Waals surface area contributed by atoms with Crippen molar-refractivity contribution in [3.63, 3.8) is 0 Å². The second-order valence-electron chi connectivity index (χ2n) is 6.11. The Hall–Kier alpha value is -2.12. The Bertz CT molecular complexity index is 830. The van der Waals surface area contributed by atoms with E-state index in [2.05, 4.69) is 37.2 Å². The minimum Gasteiger partial charge on any atom is -0.454 e. The van der Waals surface area contributed by atoms with Crippen molar-refractivity contribution in [2.24, 2.45) is 0 Å². The summed E-state index contributed by atoms with van der Waals surface area (Å²) in [5.41, 5.74) is 2.96. The molecule has 0 fully saturated rings. The topological polar surface area (TPSA) is 49.8 Å². The highest BCUT2D eigenvalue weighted by Gasteiger charge is 2.19. The fraction of sp³-hybridized carbons (Fsp3) is 0.294. The van der Waals surface area contributed by atoms with Crippen molar-refractivity contribution in [2.45, 2.75) is 32.6 Å². The van der Waals surface area contributed by atoms with Crippen molar-refractivity contribution >= 4 is 22.3 Å². The molecule has 2 heterocycles. The van der Waals surface area contributed by atoms with Gasteiger partial charge >= 0.3 is 0 Å². The highest BCUT2D eigenvalue weighted by atomic mass is 32.1. The molecule has 0 atom stereocenters. The van der Waals surface area contributed by atoms with Crippen molar-refractivity contribution in [3.05, 3.63) is 40.9 Å². The van der Waals surface area contributed by atoms with Gasteiger partial charge in [-0.1, -0.05) is 26.8 Å². The van der Waals surface area contributed by atoms with Gasteiger partial charge in [-0.25, -0.2) is 4.98 Å². The molecule has 3 aromatic rings. The summed E-state index contributed by atoms with van der Waals surface area (Å²) >= 11 is 1.60. The normalized spacial score (nSPS) is 11.7. The summed E-state index contributed by atoms with van der Waals surface area (Å²) in [5.74, 6) is 0.791. The number of nitrogens with zero attached hydrogens (tertiary/aromatic N) is 2. The van der Waals surface area contributed by atoms with Crippen LogP contribution in [0.15, 0.2) is 34.1 Å². The summed E-state index contributed by atoms with van der Waals surface area (Å²) in [7, 11) is 0. The Morgan fingerprint density at radius 1 is 1.29 bits per heavy atom. The first-order valence-corrected chi connectivity index (χ1v) is 7.71. The average Bonchev–Trinajstić information content (AvgIpc) is 3.04. The molecule has 0 radical (unpaired) electrons. The number of nitriles is 1. The van der Waals surface area contributed by atoms with E-state index in [1.807, 2.05) is 24.3 Å². The van der Waals surface area contributed by atoms with Gasteiger partial charge in [0.25, 0.3) is 0 Å². The predicted octanol–water partition coefficient (Wildman–Crippen LogP) is 4.92. The average molecular weight is 296 g/mol. The van der Waals surface area contributed by atoms with Crippen LogP contribution in [-0.2, 0) is 11.8 Å². The molecule has 1 aromatic carbocycles. The molecule has 0 spiro atoms. The van der Waals surface area contributed by atoms with Crippen LogP contribution in [0.4, 0.5) is 0 Å². The van der Waals surface area contributed by atoms with E-state index in [1.54, 1.807) is 11.3 Å². The Kier molecular flexibility index (Phi) is 3.30. The maximum atomic E-state index is 8.77. The first-order valence-electron chi connectivity index (χ1n) is 6.83. The van der Waals surface area contributed by atoms with Gasteiger partial charge in [0.1, 0.15) is 5.58 Å². The van der Waals surface area contributed by atoms with E-state index in [1.165, 1.54) is 0 Å². The first-order chi connectivity index (χ1) is 9.97. The third-order valence-electron chi connectivity index (χ3n) is 3.35. The van der Waals surface area contributed by atoms with E-state index < -0.39 is 0 Å². The molecule has 3 rings (SSSR count). The van der Waals surface area contributed by atoms with E-state index in [-0.39, 0.29) is 5.41 Å². The van der Waals surface area contributed by atoms with Gasteiger partial charge in [0.05, 0.1) is 18.2 Å². The lowest BCUT2D eigenvalue weighted by molar-refractivity contribution is 0.571. The molecule has 0 aliphatic carbocycles. The standard InChI is InChI=1S/C17H16N2OS/c1-17(2,3)15-10-21-16(19-15)14-9-12-8-11(6-7-18)4-5-13(12)20-14/h4-5,8-10H,6H2,1-3H3. The molecule has 0 aliphatic heterocycles. The number of hydrogen-bond donors (Lipinski definition) is 0. The molecule has 21 heavy (non-hydrogen) atoms. The monoisotopic (exact) mass is 296 g/mol. The summed E-state index contributed by atoms with van der Waals surface area (Å²) in [6.07, 6.45) is 0.419. The van der Waals surface area contributed by atoms with Gasteiger partial charge in [-0.2, -0.15) is 5.26 Å². The fourth-order valence-corrected chi connectivity index (χ4v) is 3.13. The lowest BCUT2D eigenvalue weighted by atomic mass is 9.93. The maximum Gasteiger partial charge on any atom is 0.164 e. The smallest absolute Gasteiger partial charge is 0.164 e. The minimum absolute atomic E-state index is 0.0424. The van der Waals surface area contributed by atoms with Crippen molar-refractivity contribution in [2.75, 3.05) is 0 Å². The zero-order valence-electron chi connectivity index (χ0n) is 12.3. The van der Waals surface area contributed by atoms with Crippen molar-refractivity contribution in [1.29, 1.82) is 5.26 Å². The van der Waals surface area contributed by atoms with Gasteiger partial charge < -0.3 is 4.42 Å². The summed E-state index contributed by atoms with van der Waals surface area (Å²) in [6, 6.07) is 10.0. The maximum absolute atomic E-state index is 8.77. The Labute approximate surface area is 127 Å². The number of hydrogen-bond acceptors (Lipinski definition) is 4. The Balaban J connectivity index is 2.01. The zero-order valence-corrected chi connectivity index (χ0v) is 13.1. The molecule has 0 saturated heterocycles. The van der Waals surface area contributed by atoms with E-state index in [0.29, 0.717) is 6.42 Å². The van der Waals surface area contributed by atoms with Crippen molar-refractivity contribution < 1.29 is 4.42 Å². The third-order valence-corrected chi connectivity index (χ3v) is 4.20. The number of furan rings is 1. The molecular formula is C17H16N2OS. The molecule has 0 amide bonds. The molecule has 3 nitrogen and oxygen atoms in total. The number of rotatable bonds is 2. The predicted molar refractivity (Wildman–Crippen MR) is 85.3 cm³/mol. The number of thiazole rings is 1.